The Morgan fingerprint density at radius 2 is 2.20 bits per heavy atom. The standard InChI is InChI=1S/C15H19N2O3/c16-15(19)13-6-2-1-4-11(13)7-8-14(18)17-10-12-5-3-9-20-12/h1-2,4,6-7,12H,3,5,8-10H2,(H2,16,19)(H,17,18)/t12-/m0/s1. The highest BCUT2D eigenvalue weighted by Gasteiger charge is 2.16. The van der Waals surface area contributed by atoms with E-state index in [0.29, 0.717) is 17.7 Å². The summed E-state index contributed by atoms with van der Waals surface area (Å²) >= 11 is 0. The van der Waals surface area contributed by atoms with Crippen molar-refractivity contribution in [3.8, 4) is 0 Å². The lowest BCUT2D eigenvalue weighted by Gasteiger charge is -2.11. The van der Waals surface area contributed by atoms with Gasteiger partial charge in [0.1, 0.15) is 0 Å². The molecule has 1 radical (unpaired) electrons. The van der Waals surface area contributed by atoms with Crippen LogP contribution in [0.3, 0.4) is 0 Å². The molecule has 0 unspecified atom stereocenters. The minimum Gasteiger partial charge on any atom is -0.376 e. The molecule has 1 heterocycles. The number of carbonyl (C=O) groups excluding carboxylic acids is 2. The molecule has 5 heteroatoms. The molecule has 1 atom stereocenters. The molecular weight excluding hydrogens is 256 g/mol. The van der Waals surface area contributed by atoms with Crippen LogP contribution in [0, 0.1) is 6.42 Å². The molecule has 2 rings (SSSR count). The highest BCUT2D eigenvalue weighted by molar-refractivity contribution is 5.95. The van der Waals surface area contributed by atoms with Crippen LogP contribution in [-0.2, 0) is 9.53 Å². The molecule has 0 saturated carbocycles. The molecule has 0 bridgehead atoms. The average molecular weight is 275 g/mol. The van der Waals surface area contributed by atoms with Crippen molar-refractivity contribution in [3.05, 3.63) is 41.8 Å². The maximum Gasteiger partial charge on any atom is 0.248 e. The number of benzene rings is 1. The Bertz CT molecular complexity index is 482. The van der Waals surface area contributed by atoms with Crippen LogP contribution in [0.15, 0.2) is 24.3 Å². The summed E-state index contributed by atoms with van der Waals surface area (Å²) in [6, 6.07) is 6.98. The molecule has 1 aromatic carbocycles. The molecule has 1 saturated heterocycles. The quantitative estimate of drug-likeness (QED) is 0.813. The molecule has 3 N–H and O–H groups in total. The van der Waals surface area contributed by atoms with Crippen molar-refractivity contribution < 1.29 is 14.3 Å². The van der Waals surface area contributed by atoms with Crippen LogP contribution in [0.5, 0.6) is 0 Å². The van der Waals surface area contributed by atoms with Gasteiger partial charge in [-0.3, -0.25) is 9.59 Å². The summed E-state index contributed by atoms with van der Waals surface area (Å²) in [7, 11) is 0. The molecule has 0 spiro atoms. The van der Waals surface area contributed by atoms with E-state index < -0.39 is 5.91 Å². The van der Waals surface area contributed by atoms with Gasteiger partial charge in [-0.1, -0.05) is 18.2 Å². The van der Waals surface area contributed by atoms with Crippen molar-refractivity contribution in [1.82, 2.24) is 5.32 Å². The van der Waals surface area contributed by atoms with E-state index in [1.807, 2.05) is 6.07 Å². The summed E-state index contributed by atoms with van der Waals surface area (Å²) in [6.45, 7) is 1.32. The lowest BCUT2D eigenvalue weighted by atomic mass is 10.0. The zero-order valence-corrected chi connectivity index (χ0v) is 11.3. The zero-order valence-electron chi connectivity index (χ0n) is 11.3. The van der Waals surface area contributed by atoms with E-state index in [4.69, 9.17) is 10.5 Å². The highest BCUT2D eigenvalue weighted by atomic mass is 16.5. The van der Waals surface area contributed by atoms with E-state index in [1.54, 1.807) is 24.6 Å². The van der Waals surface area contributed by atoms with Crippen molar-refractivity contribution in [3.63, 3.8) is 0 Å². The number of primary amides is 1. The Hall–Kier alpha value is -1.88. The minimum atomic E-state index is -0.489. The number of hydrogen-bond acceptors (Lipinski definition) is 3. The van der Waals surface area contributed by atoms with Gasteiger partial charge in [0.25, 0.3) is 0 Å². The van der Waals surface area contributed by atoms with Gasteiger partial charge >= 0.3 is 0 Å². The SMILES string of the molecule is NC(=O)c1ccccc1[CH]CC(=O)NC[C@@H]1CCCO1. The molecule has 1 aliphatic rings. The van der Waals surface area contributed by atoms with Gasteiger partial charge < -0.3 is 15.8 Å². The third-order valence-electron chi connectivity index (χ3n) is 3.28. The van der Waals surface area contributed by atoms with Gasteiger partial charge in [0.15, 0.2) is 0 Å². The van der Waals surface area contributed by atoms with Crippen LogP contribution in [0.1, 0.15) is 35.2 Å². The van der Waals surface area contributed by atoms with Crippen molar-refractivity contribution in [2.24, 2.45) is 5.73 Å². The first-order valence-electron chi connectivity index (χ1n) is 6.77. The number of nitrogens with one attached hydrogen (secondary N) is 1. The normalized spacial score (nSPS) is 17.9. The molecule has 0 aliphatic carbocycles. The fraction of sp³-hybridized carbons (Fsp3) is 0.400. The van der Waals surface area contributed by atoms with E-state index in [1.165, 1.54) is 0 Å². The molecule has 1 fully saturated rings. The lowest BCUT2D eigenvalue weighted by Crippen LogP contribution is -2.31. The number of amides is 2. The number of nitrogens with two attached hydrogens (primary N) is 1. The summed E-state index contributed by atoms with van der Waals surface area (Å²) in [6.07, 6.45) is 4.12. The van der Waals surface area contributed by atoms with Crippen LogP contribution < -0.4 is 11.1 Å². The van der Waals surface area contributed by atoms with Crippen molar-refractivity contribution in [1.29, 1.82) is 0 Å². The van der Waals surface area contributed by atoms with Crippen LogP contribution in [0.25, 0.3) is 0 Å². The van der Waals surface area contributed by atoms with Gasteiger partial charge in [-0.2, -0.15) is 0 Å². The van der Waals surface area contributed by atoms with Crippen molar-refractivity contribution in [2.75, 3.05) is 13.2 Å². The first kappa shape index (κ1) is 14.5. The van der Waals surface area contributed by atoms with E-state index in [9.17, 15) is 9.59 Å². The maximum absolute atomic E-state index is 11.7. The Balaban J connectivity index is 1.79. The predicted octanol–water partition coefficient (Wildman–Crippen LogP) is 1.02. The average Bonchev–Trinajstić information content (AvgIpc) is 2.96. The zero-order chi connectivity index (χ0) is 14.4. The minimum absolute atomic E-state index is 0.0835. The molecule has 1 aliphatic heterocycles. The first-order valence-corrected chi connectivity index (χ1v) is 6.77. The molecule has 107 valence electrons. The number of hydrogen-bond donors (Lipinski definition) is 2. The molecule has 1 aromatic rings. The van der Waals surface area contributed by atoms with Crippen LogP contribution in [0.2, 0.25) is 0 Å². The summed E-state index contributed by atoms with van der Waals surface area (Å²) < 4.78 is 5.43. The molecule has 5 nitrogen and oxygen atoms in total. The van der Waals surface area contributed by atoms with Crippen molar-refractivity contribution >= 4 is 11.8 Å². The summed E-state index contributed by atoms with van der Waals surface area (Å²) in [5.41, 5.74) is 6.40. The van der Waals surface area contributed by atoms with Crippen molar-refractivity contribution in [2.45, 2.75) is 25.4 Å². The monoisotopic (exact) mass is 275 g/mol. The van der Waals surface area contributed by atoms with Gasteiger partial charge in [0.05, 0.1) is 6.10 Å². The topological polar surface area (TPSA) is 81.4 Å². The summed E-state index contributed by atoms with van der Waals surface area (Å²) in [5.74, 6) is -0.573. The lowest BCUT2D eigenvalue weighted by molar-refractivity contribution is -0.120. The van der Waals surface area contributed by atoms with E-state index in [2.05, 4.69) is 5.32 Å². The Morgan fingerprint density at radius 3 is 2.90 bits per heavy atom. The second-order valence-corrected chi connectivity index (χ2v) is 4.80. The fourth-order valence-electron chi connectivity index (χ4n) is 2.21. The van der Waals surface area contributed by atoms with Gasteiger partial charge in [0.2, 0.25) is 11.8 Å². The Labute approximate surface area is 118 Å². The number of ether oxygens (including phenoxy) is 1. The predicted molar refractivity (Wildman–Crippen MR) is 75.0 cm³/mol. The third kappa shape index (κ3) is 4.06. The Morgan fingerprint density at radius 1 is 1.40 bits per heavy atom. The van der Waals surface area contributed by atoms with E-state index >= 15 is 0 Å². The van der Waals surface area contributed by atoms with Crippen LogP contribution in [-0.4, -0.2) is 31.1 Å². The number of rotatable bonds is 6. The highest BCUT2D eigenvalue weighted by Crippen LogP contribution is 2.13. The summed E-state index contributed by atoms with van der Waals surface area (Å²) in [4.78, 5) is 23.0. The second-order valence-electron chi connectivity index (χ2n) is 4.80. The van der Waals surface area contributed by atoms with Crippen LogP contribution in [0.4, 0.5) is 0 Å². The maximum atomic E-state index is 11.7. The van der Waals surface area contributed by atoms with E-state index in [-0.39, 0.29) is 18.4 Å². The fourth-order valence-corrected chi connectivity index (χ4v) is 2.21. The third-order valence-corrected chi connectivity index (χ3v) is 3.28. The molecular formula is C15H19N2O3. The van der Waals surface area contributed by atoms with Gasteiger partial charge in [-0.15, -0.1) is 0 Å². The second kappa shape index (κ2) is 7.05. The first-order chi connectivity index (χ1) is 9.66. The Kier molecular flexibility index (Phi) is 5.12. The summed E-state index contributed by atoms with van der Waals surface area (Å²) in [5, 5.41) is 2.83. The molecule has 20 heavy (non-hydrogen) atoms. The smallest absolute Gasteiger partial charge is 0.248 e. The van der Waals surface area contributed by atoms with Gasteiger partial charge in [-0.05, 0) is 24.5 Å². The van der Waals surface area contributed by atoms with E-state index in [0.717, 1.165) is 19.4 Å². The molecule has 2 amide bonds. The van der Waals surface area contributed by atoms with Gasteiger partial charge in [-0.25, -0.2) is 0 Å². The molecule has 0 aromatic heterocycles. The van der Waals surface area contributed by atoms with Crippen LogP contribution >= 0.6 is 0 Å². The van der Waals surface area contributed by atoms with Gasteiger partial charge in [0, 0.05) is 31.6 Å². The largest absolute Gasteiger partial charge is 0.376 e. The number of carbonyl (C=O) groups is 2.